The molecule has 14 heavy (non-hydrogen) atoms. The van der Waals surface area contributed by atoms with Gasteiger partial charge >= 0.3 is 6.18 Å². The second-order valence-electron chi connectivity index (χ2n) is 2.69. The third-order valence-corrected chi connectivity index (χ3v) is 2.96. The number of halogens is 3. The van der Waals surface area contributed by atoms with E-state index in [1.807, 2.05) is 0 Å². The Labute approximate surface area is 86.2 Å². The molecule has 0 spiro atoms. The first-order valence-electron chi connectivity index (χ1n) is 3.67. The van der Waals surface area contributed by atoms with Crippen molar-refractivity contribution in [3.05, 3.63) is 27.7 Å². The molecule has 0 atom stereocenters. The Balaban J connectivity index is 2.83. The van der Waals surface area contributed by atoms with E-state index in [4.69, 9.17) is 12.2 Å². The zero-order valence-corrected chi connectivity index (χ0v) is 8.32. The van der Waals surface area contributed by atoms with Crippen LogP contribution in [0.1, 0.15) is 5.56 Å². The molecule has 0 fully saturated rings. The number of aromatic amines is 1. The first-order valence-corrected chi connectivity index (χ1v) is 4.90. The van der Waals surface area contributed by atoms with Crippen LogP contribution in [0.25, 0.3) is 10.2 Å². The van der Waals surface area contributed by atoms with E-state index >= 15 is 0 Å². The molecule has 1 heterocycles. The van der Waals surface area contributed by atoms with Crippen LogP contribution < -0.4 is 0 Å². The Kier molecular flexibility index (Phi) is 2.11. The van der Waals surface area contributed by atoms with E-state index < -0.39 is 11.7 Å². The van der Waals surface area contributed by atoms with Gasteiger partial charge in [0.05, 0.1) is 15.8 Å². The fourth-order valence-corrected chi connectivity index (χ4v) is 2.34. The lowest BCUT2D eigenvalue weighted by molar-refractivity contribution is -0.136. The minimum atomic E-state index is -4.33. The van der Waals surface area contributed by atoms with Crippen molar-refractivity contribution < 1.29 is 13.2 Å². The first-order chi connectivity index (χ1) is 6.48. The third-order valence-electron chi connectivity index (χ3n) is 1.76. The van der Waals surface area contributed by atoms with Crippen molar-refractivity contribution in [2.75, 3.05) is 0 Å². The molecule has 0 saturated carbocycles. The highest BCUT2D eigenvalue weighted by molar-refractivity contribution is 7.73. The maximum atomic E-state index is 12.5. The molecule has 74 valence electrons. The largest absolute Gasteiger partial charge is 0.418 e. The normalized spacial score (nSPS) is 12.2. The Morgan fingerprint density at radius 1 is 1.29 bits per heavy atom. The summed E-state index contributed by atoms with van der Waals surface area (Å²) in [6.45, 7) is 0. The minimum Gasteiger partial charge on any atom is -0.336 e. The number of nitrogens with one attached hydrogen (secondary N) is 1. The molecule has 0 bridgehead atoms. The van der Waals surface area contributed by atoms with Crippen molar-refractivity contribution in [1.29, 1.82) is 0 Å². The summed E-state index contributed by atoms with van der Waals surface area (Å²) in [7, 11) is 0. The lowest BCUT2D eigenvalue weighted by Gasteiger charge is -2.06. The van der Waals surface area contributed by atoms with Crippen LogP contribution in [0.4, 0.5) is 13.2 Å². The zero-order valence-electron chi connectivity index (χ0n) is 6.68. The number of hydrogen-bond acceptors (Lipinski definition) is 2. The summed E-state index contributed by atoms with van der Waals surface area (Å²) in [4.78, 5) is 2.55. The summed E-state index contributed by atoms with van der Waals surface area (Å²) in [5, 5.41) is 0. The molecule has 0 amide bonds. The Bertz CT molecular complexity index is 523. The predicted octanol–water partition coefficient (Wildman–Crippen LogP) is 3.98. The summed E-state index contributed by atoms with van der Waals surface area (Å²) >= 11 is 5.93. The van der Waals surface area contributed by atoms with Crippen LogP contribution in [0.3, 0.4) is 0 Å². The molecule has 0 aliphatic rings. The SMILES string of the molecule is FC(F)(F)c1cccc2sc(=S)[nH]c12. The van der Waals surface area contributed by atoms with Gasteiger partial charge in [0, 0.05) is 0 Å². The van der Waals surface area contributed by atoms with Gasteiger partial charge in [-0.05, 0) is 24.4 Å². The monoisotopic (exact) mass is 235 g/mol. The van der Waals surface area contributed by atoms with E-state index in [1.165, 1.54) is 6.07 Å². The molecule has 1 nitrogen and oxygen atoms in total. The molecule has 0 aliphatic carbocycles. The fraction of sp³-hybridized carbons (Fsp3) is 0.125. The van der Waals surface area contributed by atoms with Crippen LogP contribution in [0.15, 0.2) is 18.2 Å². The molecule has 0 saturated heterocycles. The maximum absolute atomic E-state index is 12.5. The van der Waals surface area contributed by atoms with Crippen LogP contribution >= 0.6 is 23.6 Å². The predicted molar refractivity (Wildman–Crippen MR) is 52.0 cm³/mol. The van der Waals surface area contributed by atoms with Gasteiger partial charge in [0.25, 0.3) is 0 Å². The molecule has 0 unspecified atom stereocenters. The highest BCUT2D eigenvalue weighted by Gasteiger charge is 2.33. The summed E-state index contributed by atoms with van der Waals surface area (Å²) in [5.74, 6) is 0. The van der Waals surface area contributed by atoms with Crippen molar-refractivity contribution in [1.82, 2.24) is 4.98 Å². The quantitative estimate of drug-likeness (QED) is 0.683. The number of thiazole rings is 1. The standard InChI is InChI=1S/C8H4F3NS2/c9-8(10,11)4-2-1-3-5-6(4)12-7(13)14-5/h1-3H,(H,12,13). The molecule has 2 rings (SSSR count). The van der Waals surface area contributed by atoms with Crippen molar-refractivity contribution in [2.45, 2.75) is 6.18 Å². The van der Waals surface area contributed by atoms with E-state index in [2.05, 4.69) is 4.98 Å². The van der Waals surface area contributed by atoms with Crippen molar-refractivity contribution in [3.63, 3.8) is 0 Å². The van der Waals surface area contributed by atoms with Crippen LogP contribution in [-0.2, 0) is 6.18 Å². The molecule has 2 aromatic rings. The number of benzene rings is 1. The molecular weight excluding hydrogens is 231 g/mol. The van der Waals surface area contributed by atoms with E-state index in [-0.39, 0.29) is 5.52 Å². The van der Waals surface area contributed by atoms with Crippen molar-refractivity contribution in [3.8, 4) is 0 Å². The molecule has 1 aromatic carbocycles. The van der Waals surface area contributed by atoms with Crippen LogP contribution in [0.2, 0.25) is 0 Å². The van der Waals surface area contributed by atoms with E-state index in [9.17, 15) is 13.2 Å². The van der Waals surface area contributed by atoms with Gasteiger partial charge in [-0.15, -0.1) is 11.3 Å². The smallest absolute Gasteiger partial charge is 0.336 e. The van der Waals surface area contributed by atoms with E-state index in [0.717, 1.165) is 17.4 Å². The second-order valence-corrected chi connectivity index (χ2v) is 4.41. The number of alkyl halides is 3. The summed E-state index contributed by atoms with van der Waals surface area (Å²) in [6, 6.07) is 4.03. The summed E-state index contributed by atoms with van der Waals surface area (Å²) in [6.07, 6.45) is -4.33. The number of aromatic nitrogens is 1. The second kappa shape index (κ2) is 3.06. The molecule has 1 aromatic heterocycles. The van der Waals surface area contributed by atoms with E-state index in [0.29, 0.717) is 8.65 Å². The Morgan fingerprint density at radius 3 is 2.64 bits per heavy atom. The highest BCUT2D eigenvalue weighted by Crippen LogP contribution is 2.35. The number of H-pyrrole nitrogens is 1. The number of fused-ring (bicyclic) bond motifs is 1. The molecule has 0 radical (unpaired) electrons. The zero-order chi connectivity index (χ0) is 10.3. The Hall–Kier alpha value is -0.880. The maximum Gasteiger partial charge on any atom is 0.418 e. The highest BCUT2D eigenvalue weighted by atomic mass is 32.1. The Morgan fingerprint density at radius 2 is 2.00 bits per heavy atom. The number of hydrogen-bond donors (Lipinski definition) is 1. The first kappa shape index (κ1) is 9.67. The molecule has 1 N–H and O–H groups in total. The molecule has 6 heteroatoms. The van der Waals surface area contributed by atoms with Gasteiger partial charge in [0.1, 0.15) is 0 Å². The van der Waals surface area contributed by atoms with Crippen LogP contribution in [0.5, 0.6) is 0 Å². The lowest BCUT2D eigenvalue weighted by atomic mass is 10.2. The third kappa shape index (κ3) is 1.55. The average molecular weight is 235 g/mol. The molecule has 0 aliphatic heterocycles. The van der Waals surface area contributed by atoms with Gasteiger partial charge in [0.2, 0.25) is 0 Å². The lowest BCUT2D eigenvalue weighted by Crippen LogP contribution is -2.05. The fourth-order valence-electron chi connectivity index (χ4n) is 1.21. The topological polar surface area (TPSA) is 15.8 Å². The summed E-state index contributed by atoms with van der Waals surface area (Å²) < 4.78 is 38.3. The summed E-state index contributed by atoms with van der Waals surface area (Å²) in [5.41, 5.74) is -0.586. The van der Waals surface area contributed by atoms with Gasteiger partial charge in [0.15, 0.2) is 3.95 Å². The van der Waals surface area contributed by atoms with Crippen LogP contribution in [-0.4, -0.2) is 4.98 Å². The molecular formula is C8H4F3NS2. The van der Waals surface area contributed by atoms with Crippen molar-refractivity contribution >= 4 is 33.8 Å². The van der Waals surface area contributed by atoms with Crippen LogP contribution in [0, 0.1) is 3.95 Å². The van der Waals surface area contributed by atoms with Gasteiger partial charge in [-0.3, -0.25) is 0 Å². The van der Waals surface area contributed by atoms with Gasteiger partial charge < -0.3 is 4.98 Å². The van der Waals surface area contributed by atoms with Gasteiger partial charge in [-0.25, -0.2) is 0 Å². The number of para-hydroxylation sites is 1. The minimum absolute atomic E-state index is 0.0787. The van der Waals surface area contributed by atoms with Gasteiger partial charge in [-0.1, -0.05) is 6.07 Å². The number of rotatable bonds is 0. The average Bonchev–Trinajstić information content (AvgIpc) is 2.41. The van der Waals surface area contributed by atoms with Crippen molar-refractivity contribution in [2.24, 2.45) is 0 Å². The van der Waals surface area contributed by atoms with E-state index in [1.54, 1.807) is 6.07 Å². The van der Waals surface area contributed by atoms with Gasteiger partial charge in [-0.2, -0.15) is 13.2 Å².